The average molecular weight is 328 g/mol. The molecule has 2 rings (SSSR count). The molecule has 0 saturated carbocycles. The second-order valence-corrected chi connectivity index (χ2v) is 5.96. The van der Waals surface area contributed by atoms with Crippen LogP contribution in [0.2, 0.25) is 0 Å². The quantitative estimate of drug-likeness (QED) is 0.866. The smallest absolute Gasteiger partial charge is 0.280 e. The van der Waals surface area contributed by atoms with Crippen LogP contribution in [0.1, 0.15) is 5.56 Å². The van der Waals surface area contributed by atoms with E-state index in [0.29, 0.717) is 0 Å². The van der Waals surface area contributed by atoms with E-state index in [9.17, 15) is 21.6 Å². The Bertz CT molecular complexity index is 808. The molecule has 2 aromatic carbocycles. The van der Waals surface area contributed by atoms with E-state index in [1.807, 2.05) is 0 Å². The van der Waals surface area contributed by atoms with E-state index in [1.165, 1.54) is 24.3 Å². The molecule has 0 saturated heterocycles. The number of rotatable bonds is 3. The second-order valence-electron chi connectivity index (χ2n) is 4.27. The summed E-state index contributed by atoms with van der Waals surface area (Å²) >= 11 is 0. The molecule has 0 atom stereocenters. The summed E-state index contributed by atoms with van der Waals surface area (Å²) in [5.74, 6) is 0. The van der Waals surface area contributed by atoms with Crippen molar-refractivity contribution in [3.63, 3.8) is 0 Å². The average Bonchev–Trinajstić information content (AvgIpc) is 2.46. The fourth-order valence-electron chi connectivity index (χ4n) is 1.63. The highest BCUT2D eigenvalue weighted by Gasteiger charge is 2.30. The Kier molecular flexibility index (Phi) is 4.05. The minimum absolute atomic E-state index is 0.00363. The zero-order valence-electron chi connectivity index (χ0n) is 10.9. The second kappa shape index (κ2) is 5.65. The van der Waals surface area contributed by atoms with Gasteiger partial charge in [0.2, 0.25) is 5.39 Å². The maximum Gasteiger partial charge on any atom is 0.416 e. The van der Waals surface area contributed by atoms with Gasteiger partial charge in [-0.2, -0.15) is 13.2 Å². The molecule has 0 amide bonds. The van der Waals surface area contributed by atoms with Crippen LogP contribution >= 0.6 is 0 Å². The third kappa shape index (κ3) is 3.53. The number of hydrogen-bond acceptors (Lipinski definition) is 3. The van der Waals surface area contributed by atoms with Gasteiger partial charge in [-0.3, -0.25) is 4.72 Å². The summed E-state index contributed by atoms with van der Waals surface area (Å²) in [5.41, 5.74) is -0.693. The van der Waals surface area contributed by atoms with Gasteiger partial charge in [0.25, 0.3) is 10.0 Å². The summed E-state index contributed by atoms with van der Waals surface area (Å²) in [4.78, 5) is 2.78. The van der Waals surface area contributed by atoms with Gasteiger partial charge in [-0.1, -0.05) is 0 Å². The van der Waals surface area contributed by atoms with Crippen molar-refractivity contribution >= 4 is 21.4 Å². The zero-order valence-corrected chi connectivity index (χ0v) is 11.7. The van der Waals surface area contributed by atoms with Crippen LogP contribution in [0.4, 0.5) is 24.5 Å². The first-order valence-corrected chi connectivity index (χ1v) is 7.36. The van der Waals surface area contributed by atoms with E-state index in [1.54, 1.807) is 0 Å². The standard InChI is InChI=1S/C13H9F3N3O2S/c14-13(15,16)9-1-3-11(4-2-9)19-22(20,21)12-7-5-10(18-17)6-8-12/h1-8,19H/q+1. The van der Waals surface area contributed by atoms with Crippen molar-refractivity contribution in [3.05, 3.63) is 59.1 Å². The Morgan fingerprint density at radius 1 is 0.955 bits per heavy atom. The molecule has 0 radical (unpaired) electrons. The van der Waals surface area contributed by atoms with Gasteiger partial charge in [-0.15, -0.1) is 0 Å². The Morgan fingerprint density at radius 3 is 1.95 bits per heavy atom. The number of nitrogens with zero attached hydrogens (tertiary/aromatic N) is 2. The largest absolute Gasteiger partial charge is 0.416 e. The van der Waals surface area contributed by atoms with Crippen molar-refractivity contribution in [2.75, 3.05) is 4.72 Å². The number of hydrogen-bond donors (Lipinski definition) is 1. The van der Waals surface area contributed by atoms with Crippen LogP contribution in [-0.2, 0) is 16.2 Å². The first-order chi connectivity index (χ1) is 10.2. The van der Waals surface area contributed by atoms with Gasteiger partial charge in [0.05, 0.1) is 10.5 Å². The van der Waals surface area contributed by atoms with Crippen molar-refractivity contribution in [3.8, 4) is 0 Å². The highest BCUT2D eigenvalue weighted by Crippen LogP contribution is 2.30. The van der Waals surface area contributed by atoms with Crippen molar-refractivity contribution in [1.82, 2.24) is 0 Å². The third-order valence-corrected chi connectivity index (χ3v) is 4.12. The van der Waals surface area contributed by atoms with Gasteiger partial charge in [0, 0.05) is 17.8 Å². The minimum atomic E-state index is -4.49. The first-order valence-electron chi connectivity index (χ1n) is 5.87. The van der Waals surface area contributed by atoms with Crippen LogP contribution in [0, 0.1) is 5.39 Å². The molecule has 0 heterocycles. The topological polar surface area (TPSA) is 74.3 Å². The van der Waals surface area contributed by atoms with Gasteiger partial charge < -0.3 is 0 Å². The van der Waals surface area contributed by atoms with Gasteiger partial charge in [-0.25, -0.2) is 8.42 Å². The van der Waals surface area contributed by atoms with E-state index >= 15 is 0 Å². The number of diazo groups is 1. The van der Waals surface area contributed by atoms with Crippen molar-refractivity contribution in [2.24, 2.45) is 0 Å². The fraction of sp³-hybridized carbons (Fsp3) is 0.0769. The Labute approximate surface area is 124 Å². The minimum Gasteiger partial charge on any atom is -0.280 e. The maximum atomic E-state index is 12.4. The van der Waals surface area contributed by atoms with Crippen molar-refractivity contribution in [1.29, 1.82) is 5.39 Å². The van der Waals surface area contributed by atoms with Crippen molar-refractivity contribution in [2.45, 2.75) is 11.1 Å². The highest BCUT2D eigenvalue weighted by atomic mass is 32.2. The summed E-state index contributed by atoms with van der Waals surface area (Å²) < 4.78 is 63.6. The molecular weight excluding hydrogens is 319 g/mol. The summed E-state index contributed by atoms with van der Waals surface area (Å²) in [5, 5.41) is 8.53. The summed E-state index contributed by atoms with van der Waals surface area (Å²) in [6.45, 7) is 0. The molecule has 2 aromatic rings. The zero-order chi connectivity index (χ0) is 16.4. The number of halogens is 3. The summed E-state index contributed by atoms with van der Waals surface area (Å²) in [7, 11) is -3.94. The number of nitrogens with one attached hydrogen (secondary N) is 1. The summed E-state index contributed by atoms with van der Waals surface area (Å²) in [6, 6.07) is 8.60. The number of alkyl halides is 3. The number of anilines is 1. The predicted molar refractivity (Wildman–Crippen MR) is 73.4 cm³/mol. The van der Waals surface area contributed by atoms with Crippen LogP contribution in [0.25, 0.3) is 4.98 Å². The molecule has 114 valence electrons. The molecule has 0 aliphatic heterocycles. The summed E-state index contributed by atoms with van der Waals surface area (Å²) in [6.07, 6.45) is -4.49. The van der Waals surface area contributed by atoms with Crippen molar-refractivity contribution < 1.29 is 21.6 Å². The Hall–Kier alpha value is -2.60. The maximum absolute atomic E-state index is 12.4. The molecule has 1 N–H and O–H groups in total. The van der Waals surface area contributed by atoms with E-state index in [2.05, 4.69) is 9.70 Å². The fourth-order valence-corrected chi connectivity index (χ4v) is 2.69. The lowest BCUT2D eigenvalue weighted by Crippen LogP contribution is -2.13. The van der Waals surface area contributed by atoms with E-state index in [4.69, 9.17) is 5.39 Å². The van der Waals surface area contributed by atoms with Crippen LogP contribution in [0.5, 0.6) is 0 Å². The molecule has 0 unspecified atom stereocenters. The van der Waals surface area contributed by atoms with Crippen LogP contribution < -0.4 is 4.72 Å². The van der Waals surface area contributed by atoms with E-state index in [-0.39, 0.29) is 16.3 Å². The van der Waals surface area contributed by atoms with Gasteiger partial charge in [0.1, 0.15) is 0 Å². The molecule has 0 aromatic heterocycles. The lowest BCUT2D eigenvalue weighted by molar-refractivity contribution is -0.137. The Morgan fingerprint density at radius 2 is 1.50 bits per heavy atom. The molecule has 0 aliphatic rings. The molecule has 5 nitrogen and oxygen atoms in total. The van der Waals surface area contributed by atoms with E-state index in [0.717, 1.165) is 24.3 Å². The lowest BCUT2D eigenvalue weighted by Gasteiger charge is -2.10. The molecule has 0 bridgehead atoms. The van der Waals surface area contributed by atoms with Crippen LogP contribution in [0.15, 0.2) is 53.4 Å². The highest BCUT2D eigenvalue weighted by molar-refractivity contribution is 7.92. The number of benzene rings is 2. The molecule has 0 aliphatic carbocycles. The SMILES string of the molecule is N#[N+]c1ccc(S(=O)(=O)Nc2ccc(C(F)(F)F)cc2)cc1. The van der Waals surface area contributed by atoms with Gasteiger partial charge >= 0.3 is 11.9 Å². The van der Waals surface area contributed by atoms with E-state index < -0.39 is 21.8 Å². The molecular formula is C13H9F3N3O2S+. The van der Waals surface area contributed by atoms with Crippen LogP contribution in [-0.4, -0.2) is 8.42 Å². The monoisotopic (exact) mass is 328 g/mol. The first kappa shape index (κ1) is 15.8. The van der Waals surface area contributed by atoms with Crippen LogP contribution in [0.3, 0.4) is 0 Å². The molecule has 9 heteroatoms. The molecule has 0 fully saturated rings. The Balaban J connectivity index is 2.23. The molecule has 22 heavy (non-hydrogen) atoms. The van der Waals surface area contributed by atoms with Gasteiger partial charge in [0.15, 0.2) is 4.98 Å². The third-order valence-electron chi connectivity index (χ3n) is 2.73. The molecule has 0 spiro atoms. The van der Waals surface area contributed by atoms with Gasteiger partial charge in [-0.05, 0) is 36.4 Å². The normalized spacial score (nSPS) is 11.7. The predicted octanol–water partition coefficient (Wildman–Crippen LogP) is 3.99. The number of sulfonamides is 1. The lowest BCUT2D eigenvalue weighted by atomic mass is 10.2.